The SMILES string of the molecule is C=C(C)OC(=O)N1CCC(N2CC3=C(CC(N)CC3)C2=O)CC1. The lowest BCUT2D eigenvalue weighted by atomic mass is 9.90. The first-order valence-corrected chi connectivity index (χ1v) is 8.35. The molecule has 126 valence electrons. The van der Waals surface area contributed by atoms with Crippen LogP contribution in [0.1, 0.15) is 39.0 Å². The molecule has 6 heteroatoms. The van der Waals surface area contributed by atoms with E-state index in [0.29, 0.717) is 25.3 Å². The molecular formula is C17H25N3O3. The molecule has 1 aliphatic carbocycles. The molecule has 2 amide bonds. The van der Waals surface area contributed by atoms with Crippen LogP contribution in [-0.4, -0.2) is 53.5 Å². The van der Waals surface area contributed by atoms with Gasteiger partial charge in [0.05, 0.1) is 5.76 Å². The quantitative estimate of drug-likeness (QED) is 0.787. The molecule has 0 aromatic carbocycles. The van der Waals surface area contributed by atoms with E-state index in [1.807, 2.05) is 4.90 Å². The Balaban J connectivity index is 1.56. The molecule has 0 spiro atoms. The Labute approximate surface area is 136 Å². The van der Waals surface area contributed by atoms with Crippen LogP contribution in [0.15, 0.2) is 23.5 Å². The highest BCUT2D eigenvalue weighted by Crippen LogP contribution is 2.34. The van der Waals surface area contributed by atoms with Crippen molar-refractivity contribution < 1.29 is 14.3 Å². The van der Waals surface area contributed by atoms with Gasteiger partial charge in [0.1, 0.15) is 0 Å². The zero-order chi connectivity index (χ0) is 16.6. The van der Waals surface area contributed by atoms with Crippen LogP contribution in [-0.2, 0) is 9.53 Å². The maximum Gasteiger partial charge on any atom is 0.414 e. The van der Waals surface area contributed by atoms with Crippen molar-refractivity contribution in [1.82, 2.24) is 9.80 Å². The smallest absolute Gasteiger partial charge is 0.414 e. The minimum atomic E-state index is -0.341. The maximum absolute atomic E-state index is 12.6. The second-order valence-corrected chi connectivity index (χ2v) is 6.81. The lowest BCUT2D eigenvalue weighted by Gasteiger charge is -2.36. The van der Waals surface area contributed by atoms with Crippen molar-refractivity contribution in [2.24, 2.45) is 5.73 Å². The van der Waals surface area contributed by atoms with Gasteiger partial charge < -0.3 is 20.3 Å². The Bertz CT molecular complexity index is 561. The lowest BCUT2D eigenvalue weighted by molar-refractivity contribution is -0.128. The maximum atomic E-state index is 12.6. The van der Waals surface area contributed by atoms with Gasteiger partial charge in [-0.1, -0.05) is 6.58 Å². The van der Waals surface area contributed by atoms with Crippen LogP contribution in [0, 0.1) is 0 Å². The average molecular weight is 319 g/mol. The van der Waals surface area contributed by atoms with Crippen molar-refractivity contribution in [3.63, 3.8) is 0 Å². The highest BCUT2D eigenvalue weighted by Gasteiger charge is 2.38. The van der Waals surface area contributed by atoms with E-state index < -0.39 is 0 Å². The Kier molecular flexibility index (Phi) is 4.43. The first-order chi connectivity index (χ1) is 11.0. The lowest BCUT2D eigenvalue weighted by Crippen LogP contribution is -2.47. The van der Waals surface area contributed by atoms with E-state index in [-0.39, 0.29) is 24.1 Å². The molecule has 0 radical (unpaired) electrons. The predicted molar refractivity (Wildman–Crippen MR) is 86.5 cm³/mol. The molecule has 1 atom stereocenters. The molecule has 2 N–H and O–H groups in total. The number of carbonyl (C=O) groups is 2. The highest BCUT2D eigenvalue weighted by molar-refractivity contribution is 5.97. The van der Waals surface area contributed by atoms with Gasteiger partial charge in [0.2, 0.25) is 5.91 Å². The molecular weight excluding hydrogens is 294 g/mol. The summed E-state index contributed by atoms with van der Waals surface area (Å²) in [7, 11) is 0. The van der Waals surface area contributed by atoms with Gasteiger partial charge in [-0.25, -0.2) is 4.79 Å². The van der Waals surface area contributed by atoms with Crippen molar-refractivity contribution in [3.8, 4) is 0 Å². The molecule has 2 heterocycles. The second kappa shape index (κ2) is 6.35. The number of likely N-dealkylation sites (tertiary alicyclic amines) is 1. The Hall–Kier alpha value is -1.82. The summed E-state index contributed by atoms with van der Waals surface area (Å²) in [5.41, 5.74) is 8.23. The van der Waals surface area contributed by atoms with Gasteiger partial charge in [-0.15, -0.1) is 0 Å². The molecule has 6 nitrogen and oxygen atoms in total. The predicted octanol–water partition coefficient (Wildman–Crippen LogP) is 1.77. The van der Waals surface area contributed by atoms with Crippen LogP contribution in [0.25, 0.3) is 0 Å². The van der Waals surface area contributed by atoms with Crippen molar-refractivity contribution in [3.05, 3.63) is 23.5 Å². The Morgan fingerprint density at radius 3 is 2.65 bits per heavy atom. The largest absolute Gasteiger partial charge is 0.416 e. The molecule has 0 aromatic rings. The number of amides is 2. The molecule has 23 heavy (non-hydrogen) atoms. The van der Waals surface area contributed by atoms with Gasteiger partial charge >= 0.3 is 6.09 Å². The number of nitrogens with zero attached hydrogens (tertiary/aromatic N) is 2. The summed E-state index contributed by atoms with van der Waals surface area (Å²) in [4.78, 5) is 28.2. The van der Waals surface area contributed by atoms with Crippen molar-refractivity contribution in [1.29, 1.82) is 0 Å². The number of allylic oxidation sites excluding steroid dienone is 1. The zero-order valence-corrected chi connectivity index (χ0v) is 13.7. The van der Waals surface area contributed by atoms with Gasteiger partial charge in [0.25, 0.3) is 0 Å². The topological polar surface area (TPSA) is 75.9 Å². The normalized spacial score (nSPS) is 25.7. The fourth-order valence-corrected chi connectivity index (χ4v) is 3.75. The monoisotopic (exact) mass is 319 g/mol. The summed E-state index contributed by atoms with van der Waals surface area (Å²) in [6, 6.07) is 0.328. The van der Waals surface area contributed by atoms with E-state index in [2.05, 4.69) is 6.58 Å². The van der Waals surface area contributed by atoms with E-state index >= 15 is 0 Å². The van der Waals surface area contributed by atoms with Crippen molar-refractivity contribution in [2.75, 3.05) is 19.6 Å². The van der Waals surface area contributed by atoms with E-state index in [4.69, 9.17) is 10.5 Å². The van der Waals surface area contributed by atoms with E-state index in [1.165, 1.54) is 5.57 Å². The molecule has 1 saturated heterocycles. The van der Waals surface area contributed by atoms with Crippen LogP contribution < -0.4 is 5.73 Å². The van der Waals surface area contributed by atoms with Crippen molar-refractivity contribution in [2.45, 2.75) is 51.1 Å². The van der Waals surface area contributed by atoms with E-state index in [9.17, 15) is 9.59 Å². The number of ether oxygens (including phenoxy) is 1. The molecule has 1 unspecified atom stereocenters. The fourth-order valence-electron chi connectivity index (χ4n) is 3.75. The molecule has 0 aromatic heterocycles. The average Bonchev–Trinajstić information content (AvgIpc) is 2.84. The third-order valence-electron chi connectivity index (χ3n) is 5.02. The number of hydrogen-bond acceptors (Lipinski definition) is 4. The first kappa shape index (κ1) is 16.1. The summed E-state index contributed by atoms with van der Waals surface area (Å²) in [6.07, 6.45) is 3.89. The third-order valence-corrected chi connectivity index (χ3v) is 5.02. The summed E-state index contributed by atoms with van der Waals surface area (Å²) < 4.78 is 5.05. The van der Waals surface area contributed by atoms with E-state index in [0.717, 1.165) is 37.8 Å². The zero-order valence-electron chi connectivity index (χ0n) is 13.7. The number of carbonyl (C=O) groups excluding carboxylic acids is 2. The number of rotatable bonds is 2. The number of piperidine rings is 1. The Morgan fingerprint density at radius 1 is 1.30 bits per heavy atom. The van der Waals surface area contributed by atoms with E-state index in [1.54, 1.807) is 11.8 Å². The molecule has 2 aliphatic heterocycles. The van der Waals surface area contributed by atoms with Gasteiger partial charge in [-0.2, -0.15) is 0 Å². The summed E-state index contributed by atoms with van der Waals surface area (Å²) in [5, 5.41) is 0. The van der Waals surface area contributed by atoms with Gasteiger partial charge in [-0.3, -0.25) is 4.79 Å². The minimum Gasteiger partial charge on any atom is -0.416 e. The summed E-state index contributed by atoms with van der Waals surface area (Å²) >= 11 is 0. The van der Waals surface area contributed by atoms with Crippen LogP contribution >= 0.6 is 0 Å². The van der Waals surface area contributed by atoms with Gasteiger partial charge in [0.15, 0.2) is 0 Å². The summed E-state index contributed by atoms with van der Waals surface area (Å²) in [5.74, 6) is 0.568. The van der Waals surface area contributed by atoms with Gasteiger partial charge in [0, 0.05) is 37.3 Å². The Morgan fingerprint density at radius 2 is 2.00 bits per heavy atom. The number of nitrogens with two attached hydrogens (primary N) is 1. The molecule has 1 fully saturated rings. The second-order valence-electron chi connectivity index (χ2n) is 6.81. The third kappa shape index (κ3) is 3.27. The number of hydrogen-bond donors (Lipinski definition) is 1. The van der Waals surface area contributed by atoms with Gasteiger partial charge in [-0.05, 0) is 44.6 Å². The van der Waals surface area contributed by atoms with Crippen molar-refractivity contribution >= 4 is 12.0 Å². The molecule has 3 aliphatic rings. The standard InChI is InChI=1S/C17H25N3O3/c1-11(2)23-17(22)19-7-5-14(6-8-19)20-10-12-3-4-13(18)9-15(12)16(20)21/h13-14H,1,3-10,18H2,2H3. The highest BCUT2D eigenvalue weighted by atomic mass is 16.6. The minimum absolute atomic E-state index is 0.122. The fraction of sp³-hybridized carbons (Fsp3) is 0.647. The van der Waals surface area contributed by atoms with Crippen LogP contribution in [0.2, 0.25) is 0 Å². The molecule has 3 rings (SSSR count). The summed E-state index contributed by atoms with van der Waals surface area (Å²) in [6.45, 7) is 7.23. The first-order valence-electron chi connectivity index (χ1n) is 8.35. The van der Waals surface area contributed by atoms with Crippen LogP contribution in [0.3, 0.4) is 0 Å². The molecule has 0 saturated carbocycles. The molecule has 0 bridgehead atoms. The van der Waals surface area contributed by atoms with Crippen LogP contribution in [0.5, 0.6) is 0 Å². The van der Waals surface area contributed by atoms with Crippen LogP contribution in [0.4, 0.5) is 4.79 Å².